The van der Waals surface area contributed by atoms with Crippen molar-refractivity contribution in [2.45, 2.75) is 63.0 Å². The fourth-order valence-electron chi connectivity index (χ4n) is 5.89. The second kappa shape index (κ2) is 10.5. The highest BCUT2D eigenvalue weighted by Crippen LogP contribution is 2.43. The average Bonchev–Trinajstić information content (AvgIpc) is 3.19. The van der Waals surface area contributed by atoms with Crippen molar-refractivity contribution in [2.24, 2.45) is 0 Å². The van der Waals surface area contributed by atoms with Gasteiger partial charge in [-0.15, -0.1) is 11.6 Å². The molecule has 2 aliphatic heterocycles. The number of nitrogens with one attached hydrogen (secondary N) is 2. The third-order valence-corrected chi connectivity index (χ3v) is 8.11. The Kier molecular flexibility index (Phi) is 7.51. The van der Waals surface area contributed by atoms with E-state index in [1.165, 1.54) is 12.1 Å². The molecule has 5 nitrogen and oxygen atoms in total. The van der Waals surface area contributed by atoms with Crippen molar-refractivity contribution in [1.29, 1.82) is 0 Å². The molecule has 8 heteroatoms. The first kappa shape index (κ1) is 26.4. The van der Waals surface area contributed by atoms with Crippen LogP contribution < -0.4 is 5.32 Å². The van der Waals surface area contributed by atoms with Gasteiger partial charge in [0.05, 0.1) is 23.6 Å². The molecule has 0 unspecified atom stereocenters. The number of aliphatic hydroxyl groups is 1. The summed E-state index contributed by atoms with van der Waals surface area (Å²) in [5, 5.41) is 14.3. The molecule has 3 aromatic rings. The van der Waals surface area contributed by atoms with Gasteiger partial charge < -0.3 is 15.4 Å². The number of aromatic nitrogens is 1. The Morgan fingerprint density at radius 2 is 1.89 bits per heavy atom. The molecule has 1 fully saturated rings. The second-order valence-corrected chi connectivity index (χ2v) is 12.0. The van der Waals surface area contributed by atoms with E-state index in [1.54, 1.807) is 6.92 Å². The molecule has 2 aromatic carbocycles. The van der Waals surface area contributed by atoms with E-state index in [4.69, 9.17) is 11.6 Å². The van der Waals surface area contributed by atoms with Crippen LogP contribution in [0.5, 0.6) is 0 Å². The topological polar surface area (TPSA) is 54.5 Å². The third kappa shape index (κ3) is 5.24. The van der Waals surface area contributed by atoms with Crippen molar-refractivity contribution in [3.63, 3.8) is 0 Å². The molecule has 0 aliphatic carbocycles. The number of alkyl halides is 1. The Bertz CT molecular complexity index is 1230. The van der Waals surface area contributed by atoms with E-state index in [2.05, 4.69) is 29.0 Å². The molecule has 0 bridgehead atoms. The van der Waals surface area contributed by atoms with Crippen LogP contribution >= 0.6 is 11.6 Å². The first-order chi connectivity index (χ1) is 17.7. The molecule has 200 valence electrons. The van der Waals surface area contributed by atoms with Gasteiger partial charge >= 0.3 is 0 Å². The quantitative estimate of drug-likeness (QED) is 0.312. The van der Waals surface area contributed by atoms with Gasteiger partial charge in [0.2, 0.25) is 0 Å². The molecule has 3 N–H and O–H groups in total. The lowest BCUT2D eigenvalue weighted by atomic mass is 9.87. The number of hydrogen-bond donors (Lipinski definition) is 3. The Labute approximate surface area is 222 Å². The van der Waals surface area contributed by atoms with Gasteiger partial charge in [-0.1, -0.05) is 31.5 Å². The predicted molar refractivity (Wildman–Crippen MR) is 146 cm³/mol. The summed E-state index contributed by atoms with van der Waals surface area (Å²) < 4.78 is 31.7. The highest BCUT2D eigenvalue weighted by molar-refractivity contribution is 6.24. The lowest BCUT2D eigenvalue weighted by Crippen LogP contribution is -2.54. The summed E-state index contributed by atoms with van der Waals surface area (Å²) in [6.07, 6.45) is 3.03. The molecule has 3 heterocycles. The number of para-hydroxylation sites is 1. The van der Waals surface area contributed by atoms with Crippen molar-refractivity contribution in [1.82, 2.24) is 14.8 Å². The normalized spacial score (nSPS) is 22.6. The minimum absolute atomic E-state index is 0.00787. The van der Waals surface area contributed by atoms with E-state index in [-0.39, 0.29) is 30.8 Å². The molecule has 1 aromatic heterocycles. The van der Waals surface area contributed by atoms with Gasteiger partial charge in [0.1, 0.15) is 11.6 Å². The standard InChI is InChI=1S/C29H37ClF2N4O/c1-4-5-10-35-14-20(15-35)33-19-12-23(31)26(24(32)13-19)28-27-22(21-8-6-7-9-25(21)34-27)11-18(2)36(28)16-29(3,30)17-37/h6-9,12-13,18,20,28,33-34,37H,4-5,10-11,14-17H2,1-3H3/t18-,28-,29-/m1/s1. The molecule has 0 amide bonds. The van der Waals surface area contributed by atoms with Crippen LogP contribution in [0.3, 0.4) is 0 Å². The van der Waals surface area contributed by atoms with Crippen molar-refractivity contribution in [3.05, 3.63) is 64.9 Å². The maximum atomic E-state index is 15.9. The molecule has 5 rings (SSSR count). The molecule has 0 radical (unpaired) electrons. The minimum Gasteiger partial charge on any atom is -0.395 e. The maximum Gasteiger partial charge on any atom is 0.133 e. The lowest BCUT2D eigenvalue weighted by Gasteiger charge is -2.44. The maximum absolute atomic E-state index is 15.9. The fourth-order valence-corrected chi connectivity index (χ4v) is 6.02. The van der Waals surface area contributed by atoms with Crippen LogP contribution in [0.4, 0.5) is 14.5 Å². The molecule has 2 aliphatic rings. The van der Waals surface area contributed by atoms with Gasteiger partial charge in [-0.3, -0.25) is 9.80 Å². The van der Waals surface area contributed by atoms with Gasteiger partial charge in [0.15, 0.2) is 0 Å². The van der Waals surface area contributed by atoms with E-state index in [0.717, 1.165) is 54.6 Å². The largest absolute Gasteiger partial charge is 0.395 e. The van der Waals surface area contributed by atoms with Crippen LogP contribution in [0.15, 0.2) is 36.4 Å². The number of likely N-dealkylation sites (tertiary alicyclic amines) is 1. The van der Waals surface area contributed by atoms with Crippen LogP contribution in [-0.4, -0.2) is 69.6 Å². The number of anilines is 1. The van der Waals surface area contributed by atoms with Gasteiger partial charge in [-0.2, -0.15) is 0 Å². The van der Waals surface area contributed by atoms with Gasteiger partial charge in [-0.05, 0) is 57.0 Å². The number of halogens is 3. The smallest absolute Gasteiger partial charge is 0.133 e. The van der Waals surface area contributed by atoms with Crippen LogP contribution in [0.25, 0.3) is 10.9 Å². The number of benzene rings is 2. The molecule has 0 spiro atoms. The van der Waals surface area contributed by atoms with E-state index >= 15 is 8.78 Å². The Morgan fingerprint density at radius 3 is 2.57 bits per heavy atom. The number of aliphatic hydroxyl groups excluding tert-OH is 1. The molecule has 0 saturated carbocycles. The minimum atomic E-state index is -0.946. The monoisotopic (exact) mass is 530 g/mol. The van der Waals surface area contributed by atoms with Crippen molar-refractivity contribution >= 4 is 28.2 Å². The van der Waals surface area contributed by atoms with Gasteiger partial charge in [-0.25, -0.2) is 8.78 Å². The van der Waals surface area contributed by atoms with Crippen LogP contribution in [0, 0.1) is 11.6 Å². The van der Waals surface area contributed by atoms with E-state index in [9.17, 15) is 5.11 Å². The Balaban J connectivity index is 1.50. The number of unbranched alkanes of at least 4 members (excludes halogenated alkanes) is 1. The summed E-state index contributed by atoms with van der Waals surface area (Å²) in [5.74, 6) is -1.17. The number of fused-ring (bicyclic) bond motifs is 3. The number of rotatable bonds is 9. The van der Waals surface area contributed by atoms with Crippen LogP contribution in [-0.2, 0) is 6.42 Å². The summed E-state index contributed by atoms with van der Waals surface area (Å²) in [5.41, 5.74) is 3.28. The van der Waals surface area contributed by atoms with Crippen LogP contribution in [0.1, 0.15) is 56.5 Å². The summed E-state index contributed by atoms with van der Waals surface area (Å²) in [7, 11) is 0. The van der Waals surface area contributed by atoms with E-state index in [1.807, 2.05) is 29.2 Å². The summed E-state index contributed by atoms with van der Waals surface area (Å²) >= 11 is 6.60. The number of aromatic amines is 1. The first-order valence-corrected chi connectivity index (χ1v) is 13.7. The summed E-state index contributed by atoms with van der Waals surface area (Å²) in [4.78, 5) is 6.89. The molecule has 3 atom stereocenters. The Hall–Kier alpha value is -2.19. The van der Waals surface area contributed by atoms with Crippen molar-refractivity contribution in [3.8, 4) is 0 Å². The fraction of sp³-hybridized carbons (Fsp3) is 0.517. The molecular formula is C29H37ClF2N4O. The van der Waals surface area contributed by atoms with Crippen molar-refractivity contribution in [2.75, 3.05) is 38.1 Å². The second-order valence-electron chi connectivity index (χ2n) is 11.1. The predicted octanol–water partition coefficient (Wildman–Crippen LogP) is 5.67. The molecular weight excluding hydrogens is 494 g/mol. The summed E-state index contributed by atoms with van der Waals surface area (Å²) in [6, 6.07) is 10.3. The SMILES string of the molecule is CCCCN1CC(Nc2cc(F)c([C@@H]3c4[nH]c5ccccc5c4C[C@@H](C)N3C[C@@](C)(Cl)CO)c(F)c2)C1. The zero-order valence-corrected chi connectivity index (χ0v) is 22.6. The van der Waals surface area contributed by atoms with E-state index in [0.29, 0.717) is 12.1 Å². The number of hydrogen-bond acceptors (Lipinski definition) is 4. The molecule has 1 saturated heterocycles. The Morgan fingerprint density at radius 1 is 1.19 bits per heavy atom. The van der Waals surface area contributed by atoms with Crippen molar-refractivity contribution < 1.29 is 13.9 Å². The first-order valence-electron chi connectivity index (χ1n) is 13.3. The number of H-pyrrole nitrogens is 1. The highest BCUT2D eigenvalue weighted by atomic mass is 35.5. The zero-order valence-electron chi connectivity index (χ0n) is 21.8. The number of nitrogens with zero attached hydrogens (tertiary/aromatic N) is 2. The van der Waals surface area contributed by atoms with E-state index < -0.39 is 22.6 Å². The third-order valence-electron chi connectivity index (χ3n) is 7.87. The lowest BCUT2D eigenvalue weighted by molar-refractivity contribution is 0.110. The van der Waals surface area contributed by atoms with Crippen LogP contribution in [0.2, 0.25) is 0 Å². The average molecular weight is 531 g/mol. The highest BCUT2D eigenvalue weighted by Gasteiger charge is 2.41. The summed E-state index contributed by atoms with van der Waals surface area (Å²) in [6.45, 7) is 8.84. The zero-order chi connectivity index (χ0) is 26.3. The van der Waals surface area contributed by atoms with Gasteiger partial charge in [0, 0.05) is 53.5 Å². The van der Waals surface area contributed by atoms with Gasteiger partial charge in [0.25, 0.3) is 0 Å². The molecule has 37 heavy (non-hydrogen) atoms.